The van der Waals surface area contributed by atoms with Gasteiger partial charge in [-0.15, -0.1) is 0 Å². The monoisotopic (exact) mass is 559 g/mol. The van der Waals surface area contributed by atoms with Gasteiger partial charge in [0.15, 0.2) is 18.1 Å². The van der Waals surface area contributed by atoms with Crippen molar-refractivity contribution in [3.8, 4) is 23.0 Å². The van der Waals surface area contributed by atoms with Crippen LogP contribution in [0.3, 0.4) is 0 Å². The topological polar surface area (TPSA) is 98.4 Å². The maximum Gasteiger partial charge on any atom is 0.258 e. The molecule has 1 fully saturated rings. The summed E-state index contributed by atoms with van der Waals surface area (Å²) in [4.78, 5) is 28.1. The van der Waals surface area contributed by atoms with Crippen LogP contribution in [0.2, 0.25) is 0 Å². The van der Waals surface area contributed by atoms with Crippen LogP contribution >= 0.6 is 0 Å². The first-order valence-electron chi connectivity index (χ1n) is 14.0. The number of benzene rings is 3. The Morgan fingerprint density at radius 2 is 1.76 bits per heavy atom. The van der Waals surface area contributed by atoms with Crippen LogP contribution in [0.4, 0.5) is 0 Å². The van der Waals surface area contributed by atoms with Crippen LogP contribution in [0.25, 0.3) is 0 Å². The number of nitrogens with zero attached hydrogens (tertiary/aromatic N) is 1. The van der Waals surface area contributed by atoms with Crippen LogP contribution in [0.15, 0.2) is 66.7 Å². The van der Waals surface area contributed by atoms with Crippen molar-refractivity contribution in [2.45, 2.75) is 44.5 Å². The quantitative estimate of drug-likeness (QED) is 0.505. The number of likely N-dealkylation sites (tertiary alicyclic amines) is 1. The predicted octanol–water partition coefficient (Wildman–Crippen LogP) is 3.48. The lowest BCUT2D eigenvalue weighted by Gasteiger charge is -2.39. The molecule has 2 amide bonds. The molecule has 4 bridgehead atoms. The summed E-state index contributed by atoms with van der Waals surface area (Å²) in [6.07, 6.45) is 1.30. The molecule has 2 atom stereocenters. The minimum Gasteiger partial charge on any atom is -0.496 e. The summed E-state index contributed by atoms with van der Waals surface area (Å²) in [5.41, 5.74) is 2.99. The van der Waals surface area contributed by atoms with E-state index in [0.717, 1.165) is 30.6 Å². The molecule has 3 aliphatic rings. The Morgan fingerprint density at radius 3 is 2.56 bits per heavy atom. The molecule has 0 aromatic heterocycles. The van der Waals surface area contributed by atoms with Crippen molar-refractivity contribution in [2.75, 3.05) is 33.9 Å². The van der Waals surface area contributed by atoms with Gasteiger partial charge in [-0.25, -0.2) is 0 Å². The molecule has 3 heterocycles. The highest BCUT2D eigenvalue weighted by Gasteiger charge is 2.32. The number of carbonyl (C=O) groups excluding carboxylic acids is 2. The molecule has 0 unspecified atom stereocenters. The zero-order valence-electron chi connectivity index (χ0n) is 23.6. The summed E-state index contributed by atoms with van der Waals surface area (Å²) in [7, 11) is 3.16. The second-order valence-corrected chi connectivity index (χ2v) is 10.4. The molecule has 1 saturated heterocycles. The van der Waals surface area contributed by atoms with E-state index in [4.69, 9.17) is 18.9 Å². The number of rotatable bonds is 4. The number of hydrogen-bond donors (Lipinski definition) is 2. The van der Waals surface area contributed by atoms with Crippen LogP contribution in [-0.2, 0) is 29.1 Å². The van der Waals surface area contributed by atoms with Crippen LogP contribution in [-0.4, -0.2) is 62.8 Å². The number of ether oxygens (including phenoxy) is 4. The standard InChI is InChI=1S/C32H37N3O6/c1-38-28-12-8-22-9-13-31(36)33-18-24-10-11-25(17-29(24)39-2)41-27-14-15-35(19-23-6-4-3-5-7-23)20-26(27)34-32(37)21-40-30(28)16-22/h3-8,10-12,16-17,26-27H,9,13-15,18-21H2,1-2H3,(H,33,36)(H,34,37)/t26-,27+/m1/s1. The first-order valence-corrected chi connectivity index (χ1v) is 14.0. The smallest absolute Gasteiger partial charge is 0.258 e. The Hall–Kier alpha value is -4.24. The van der Waals surface area contributed by atoms with E-state index in [1.807, 2.05) is 48.5 Å². The predicted molar refractivity (Wildman–Crippen MR) is 154 cm³/mol. The Balaban J connectivity index is 1.40. The average molecular weight is 560 g/mol. The van der Waals surface area contributed by atoms with Crippen LogP contribution in [0, 0.1) is 0 Å². The lowest BCUT2D eigenvalue weighted by atomic mass is 10.0. The van der Waals surface area contributed by atoms with Gasteiger partial charge in [-0.2, -0.15) is 0 Å². The van der Waals surface area contributed by atoms with Crippen molar-refractivity contribution >= 4 is 11.8 Å². The Labute approximate surface area is 240 Å². The highest BCUT2D eigenvalue weighted by molar-refractivity contribution is 5.78. The van der Waals surface area contributed by atoms with Gasteiger partial charge in [-0.3, -0.25) is 14.5 Å². The van der Waals surface area contributed by atoms with E-state index in [1.165, 1.54) is 5.56 Å². The number of fused-ring (bicyclic) bond motifs is 9. The summed E-state index contributed by atoms with van der Waals surface area (Å²) in [6.45, 7) is 2.41. The molecule has 9 heteroatoms. The van der Waals surface area contributed by atoms with Crippen molar-refractivity contribution in [3.05, 3.63) is 83.4 Å². The molecule has 0 radical (unpaired) electrons. The maximum atomic E-state index is 13.2. The number of carbonyl (C=O) groups is 2. The van der Waals surface area contributed by atoms with E-state index >= 15 is 0 Å². The second-order valence-electron chi connectivity index (χ2n) is 10.4. The van der Waals surface area contributed by atoms with Crippen molar-refractivity contribution in [1.82, 2.24) is 15.5 Å². The molecule has 41 heavy (non-hydrogen) atoms. The molecule has 216 valence electrons. The SMILES string of the molecule is COc1cc2ccc1CNC(=O)CCc1ccc(OC)c(c1)OCC(=O)N[C@@H]1CN(Cc3ccccc3)CC[C@@H]1O2. The van der Waals surface area contributed by atoms with Gasteiger partial charge in [0.25, 0.3) is 5.91 Å². The van der Waals surface area contributed by atoms with Gasteiger partial charge in [0.2, 0.25) is 5.91 Å². The van der Waals surface area contributed by atoms with Crippen molar-refractivity contribution < 1.29 is 28.5 Å². The lowest BCUT2D eigenvalue weighted by molar-refractivity contribution is -0.125. The van der Waals surface area contributed by atoms with Crippen molar-refractivity contribution in [3.63, 3.8) is 0 Å². The van der Waals surface area contributed by atoms with Gasteiger partial charge in [0, 0.05) is 44.2 Å². The minimum absolute atomic E-state index is 0.0759. The molecule has 0 aliphatic carbocycles. The van der Waals surface area contributed by atoms with Gasteiger partial charge < -0.3 is 29.6 Å². The average Bonchev–Trinajstić information content (AvgIpc) is 2.99. The fourth-order valence-electron chi connectivity index (χ4n) is 5.30. The van der Waals surface area contributed by atoms with Gasteiger partial charge in [0.05, 0.1) is 20.3 Å². The lowest BCUT2D eigenvalue weighted by Crippen LogP contribution is -2.57. The molecular formula is C32H37N3O6. The molecule has 3 aromatic rings. The highest BCUT2D eigenvalue weighted by atomic mass is 16.5. The number of hydrogen-bond acceptors (Lipinski definition) is 7. The molecule has 6 rings (SSSR count). The summed E-state index contributed by atoms with van der Waals surface area (Å²) in [6, 6.07) is 21.2. The first-order chi connectivity index (χ1) is 20.0. The van der Waals surface area contributed by atoms with Gasteiger partial charge in [0.1, 0.15) is 17.6 Å². The second kappa shape index (κ2) is 13.4. The first kappa shape index (κ1) is 28.3. The van der Waals surface area contributed by atoms with E-state index in [1.54, 1.807) is 20.3 Å². The van der Waals surface area contributed by atoms with E-state index in [0.29, 0.717) is 48.9 Å². The van der Waals surface area contributed by atoms with E-state index < -0.39 is 0 Å². The third-order valence-electron chi connectivity index (χ3n) is 7.48. The maximum absolute atomic E-state index is 13.2. The van der Waals surface area contributed by atoms with Gasteiger partial charge in [-0.05, 0) is 48.2 Å². The largest absolute Gasteiger partial charge is 0.496 e. The Kier molecular flexibility index (Phi) is 9.26. The number of methoxy groups -OCH3 is 2. The normalized spacial score (nSPS) is 20.1. The Morgan fingerprint density at radius 1 is 0.927 bits per heavy atom. The summed E-state index contributed by atoms with van der Waals surface area (Å²) >= 11 is 0. The third-order valence-corrected chi connectivity index (χ3v) is 7.48. The third kappa shape index (κ3) is 7.49. The molecule has 2 N–H and O–H groups in total. The van der Waals surface area contributed by atoms with E-state index in [9.17, 15) is 9.59 Å². The van der Waals surface area contributed by atoms with Crippen LogP contribution in [0.1, 0.15) is 29.5 Å². The van der Waals surface area contributed by atoms with Crippen LogP contribution in [0.5, 0.6) is 23.0 Å². The number of nitrogens with one attached hydrogen (secondary N) is 2. The number of amides is 2. The minimum atomic E-state index is -0.260. The summed E-state index contributed by atoms with van der Waals surface area (Å²) in [5.74, 6) is 1.95. The zero-order valence-corrected chi connectivity index (χ0v) is 23.6. The van der Waals surface area contributed by atoms with Crippen molar-refractivity contribution in [2.24, 2.45) is 0 Å². The summed E-state index contributed by atoms with van der Waals surface area (Å²) in [5, 5.41) is 6.14. The molecule has 9 nitrogen and oxygen atoms in total. The fraction of sp³-hybridized carbons (Fsp3) is 0.375. The number of piperidine rings is 1. The van der Waals surface area contributed by atoms with Gasteiger partial charge in [-0.1, -0.05) is 36.4 Å². The molecular weight excluding hydrogens is 522 g/mol. The zero-order chi connectivity index (χ0) is 28.6. The van der Waals surface area contributed by atoms with Gasteiger partial charge >= 0.3 is 0 Å². The Bertz CT molecular complexity index is 1350. The summed E-state index contributed by atoms with van der Waals surface area (Å²) < 4.78 is 23.4. The van der Waals surface area contributed by atoms with Crippen molar-refractivity contribution in [1.29, 1.82) is 0 Å². The molecule has 3 aliphatic heterocycles. The van der Waals surface area contributed by atoms with Crippen LogP contribution < -0.4 is 29.6 Å². The molecule has 0 saturated carbocycles. The molecule has 3 aromatic carbocycles. The highest BCUT2D eigenvalue weighted by Crippen LogP contribution is 2.30. The van der Waals surface area contributed by atoms with E-state index in [2.05, 4.69) is 27.7 Å². The molecule has 0 spiro atoms. The fourth-order valence-corrected chi connectivity index (χ4v) is 5.30. The number of aryl methyl sites for hydroxylation is 1. The van der Waals surface area contributed by atoms with E-state index in [-0.39, 0.29) is 30.6 Å².